The molecule has 0 unspecified atom stereocenters. The van der Waals surface area contributed by atoms with Crippen molar-refractivity contribution in [2.45, 2.75) is 19.8 Å². The van der Waals surface area contributed by atoms with Crippen LogP contribution in [0.2, 0.25) is 0 Å². The number of hydrogen-bond acceptors (Lipinski definition) is 3. The van der Waals surface area contributed by atoms with Crippen molar-refractivity contribution in [3.8, 4) is 5.75 Å². The van der Waals surface area contributed by atoms with Crippen molar-refractivity contribution in [3.63, 3.8) is 0 Å². The quantitative estimate of drug-likeness (QED) is 0.633. The van der Waals surface area contributed by atoms with Crippen molar-refractivity contribution in [1.82, 2.24) is 0 Å². The molecule has 1 saturated heterocycles. The van der Waals surface area contributed by atoms with Gasteiger partial charge in [-0.05, 0) is 43.4 Å². The number of amidine groups is 1. The van der Waals surface area contributed by atoms with E-state index in [1.807, 2.05) is 25.1 Å². The normalized spacial score (nSPS) is 16.5. The maximum atomic E-state index is 7.55. The lowest BCUT2D eigenvalue weighted by atomic mass is 10.0. The Morgan fingerprint density at radius 1 is 1.44 bits per heavy atom. The molecule has 0 aromatic heterocycles. The van der Waals surface area contributed by atoms with Crippen molar-refractivity contribution < 1.29 is 9.47 Å². The Labute approximate surface area is 108 Å². The number of nitrogens with one attached hydrogen (secondary N) is 1. The molecule has 1 aliphatic heterocycles. The van der Waals surface area contributed by atoms with Gasteiger partial charge < -0.3 is 15.2 Å². The van der Waals surface area contributed by atoms with Crippen molar-refractivity contribution in [3.05, 3.63) is 29.3 Å². The van der Waals surface area contributed by atoms with E-state index in [0.717, 1.165) is 31.6 Å². The molecule has 1 aliphatic rings. The van der Waals surface area contributed by atoms with Crippen LogP contribution in [0.3, 0.4) is 0 Å². The summed E-state index contributed by atoms with van der Waals surface area (Å²) in [6.07, 6.45) is 2.09. The topological polar surface area (TPSA) is 68.3 Å². The van der Waals surface area contributed by atoms with Gasteiger partial charge in [-0.3, -0.25) is 5.41 Å². The van der Waals surface area contributed by atoms with Gasteiger partial charge in [0.15, 0.2) is 0 Å². The predicted molar refractivity (Wildman–Crippen MR) is 71.2 cm³/mol. The Kier molecular flexibility index (Phi) is 4.20. The number of ether oxygens (including phenoxy) is 2. The van der Waals surface area contributed by atoms with E-state index in [-0.39, 0.29) is 5.84 Å². The lowest BCUT2D eigenvalue weighted by Crippen LogP contribution is -2.22. The number of hydrogen-bond donors (Lipinski definition) is 2. The molecule has 1 aromatic rings. The van der Waals surface area contributed by atoms with Crippen molar-refractivity contribution >= 4 is 5.84 Å². The molecule has 1 heterocycles. The number of benzene rings is 1. The maximum Gasteiger partial charge on any atom is 0.130 e. The standard InChI is InChI=1S/C14H20N2O2/c1-10-2-3-12(14(15)16)13(8-10)18-9-11-4-6-17-7-5-11/h2-3,8,11H,4-7,9H2,1H3,(H3,15,16). The molecule has 4 heteroatoms. The second-order valence-electron chi connectivity index (χ2n) is 4.78. The molecule has 0 amide bonds. The molecule has 18 heavy (non-hydrogen) atoms. The summed E-state index contributed by atoms with van der Waals surface area (Å²) in [5.41, 5.74) is 7.34. The SMILES string of the molecule is Cc1ccc(C(=N)N)c(OCC2CCOCC2)c1. The van der Waals surface area contributed by atoms with Crippen LogP contribution in [-0.4, -0.2) is 25.7 Å². The summed E-state index contributed by atoms with van der Waals surface area (Å²) in [6.45, 7) is 4.32. The minimum atomic E-state index is 0.0528. The van der Waals surface area contributed by atoms with Gasteiger partial charge in [-0.15, -0.1) is 0 Å². The first-order chi connectivity index (χ1) is 8.66. The molecule has 0 radical (unpaired) electrons. The lowest BCUT2D eigenvalue weighted by Gasteiger charge is -2.22. The second-order valence-corrected chi connectivity index (χ2v) is 4.78. The van der Waals surface area contributed by atoms with Gasteiger partial charge in [0.25, 0.3) is 0 Å². The number of nitrogen functional groups attached to an aromatic ring is 1. The van der Waals surface area contributed by atoms with Gasteiger partial charge in [0.1, 0.15) is 11.6 Å². The van der Waals surface area contributed by atoms with Crippen molar-refractivity contribution in [1.29, 1.82) is 5.41 Å². The average molecular weight is 248 g/mol. The summed E-state index contributed by atoms with van der Waals surface area (Å²) in [4.78, 5) is 0. The zero-order chi connectivity index (χ0) is 13.0. The van der Waals surface area contributed by atoms with E-state index in [1.165, 1.54) is 0 Å². The minimum Gasteiger partial charge on any atom is -0.493 e. The molecule has 4 nitrogen and oxygen atoms in total. The Hall–Kier alpha value is -1.55. The van der Waals surface area contributed by atoms with Crippen LogP contribution in [0, 0.1) is 18.3 Å². The molecular formula is C14H20N2O2. The Bertz CT molecular complexity index is 426. The van der Waals surface area contributed by atoms with Crippen LogP contribution in [0.4, 0.5) is 0 Å². The third-order valence-corrected chi connectivity index (χ3v) is 3.24. The van der Waals surface area contributed by atoms with Gasteiger partial charge in [-0.2, -0.15) is 0 Å². The summed E-state index contributed by atoms with van der Waals surface area (Å²) in [5, 5.41) is 7.55. The van der Waals surface area contributed by atoms with Crippen molar-refractivity contribution in [2.24, 2.45) is 11.7 Å². The van der Waals surface area contributed by atoms with Gasteiger partial charge in [-0.1, -0.05) is 6.07 Å². The van der Waals surface area contributed by atoms with Crippen molar-refractivity contribution in [2.75, 3.05) is 19.8 Å². The van der Waals surface area contributed by atoms with Crippen LogP contribution in [-0.2, 0) is 4.74 Å². The fourth-order valence-corrected chi connectivity index (χ4v) is 2.09. The molecule has 1 fully saturated rings. The van der Waals surface area contributed by atoms with E-state index in [9.17, 15) is 0 Å². The monoisotopic (exact) mass is 248 g/mol. The summed E-state index contributed by atoms with van der Waals surface area (Å²) in [6, 6.07) is 5.73. The number of nitrogens with two attached hydrogens (primary N) is 1. The predicted octanol–water partition coefficient (Wildman–Crippen LogP) is 2.08. The van der Waals surface area contributed by atoms with Gasteiger partial charge in [0.2, 0.25) is 0 Å². The summed E-state index contributed by atoms with van der Waals surface area (Å²) in [5.74, 6) is 1.31. The molecule has 2 rings (SSSR count). The highest BCUT2D eigenvalue weighted by molar-refractivity contribution is 5.97. The third kappa shape index (κ3) is 3.23. The number of rotatable bonds is 4. The van der Waals surface area contributed by atoms with Gasteiger partial charge in [0.05, 0.1) is 12.2 Å². The molecule has 1 aromatic carbocycles. The Morgan fingerprint density at radius 2 is 2.17 bits per heavy atom. The highest BCUT2D eigenvalue weighted by atomic mass is 16.5. The van der Waals surface area contributed by atoms with E-state index in [2.05, 4.69) is 0 Å². The third-order valence-electron chi connectivity index (χ3n) is 3.24. The van der Waals surface area contributed by atoms with Gasteiger partial charge in [0, 0.05) is 13.2 Å². The fraction of sp³-hybridized carbons (Fsp3) is 0.500. The average Bonchev–Trinajstić information content (AvgIpc) is 2.37. The van der Waals surface area contributed by atoms with Crippen LogP contribution in [0.15, 0.2) is 18.2 Å². The lowest BCUT2D eigenvalue weighted by molar-refractivity contribution is 0.0497. The molecule has 0 spiro atoms. The van der Waals surface area contributed by atoms with E-state index < -0.39 is 0 Å². The molecule has 3 N–H and O–H groups in total. The second kappa shape index (κ2) is 5.87. The van der Waals surface area contributed by atoms with E-state index in [1.54, 1.807) is 0 Å². The smallest absolute Gasteiger partial charge is 0.130 e. The van der Waals surface area contributed by atoms with E-state index in [4.69, 9.17) is 20.6 Å². The largest absolute Gasteiger partial charge is 0.493 e. The summed E-state index contributed by atoms with van der Waals surface area (Å²) < 4.78 is 11.2. The van der Waals surface area contributed by atoms with Gasteiger partial charge >= 0.3 is 0 Å². The fourth-order valence-electron chi connectivity index (χ4n) is 2.09. The molecule has 0 bridgehead atoms. The van der Waals surface area contributed by atoms with Crippen LogP contribution >= 0.6 is 0 Å². The first-order valence-corrected chi connectivity index (χ1v) is 6.32. The first kappa shape index (κ1) is 12.9. The first-order valence-electron chi connectivity index (χ1n) is 6.32. The summed E-state index contributed by atoms with van der Waals surface area (Å²) in [7, 11) is 0. The zero-order valence-corrected chi connectivity index (χ0v) is 10.7. The minimum absolute atomic E-state index is 0.0528. The molecule has 0 aliphatic carbocycles. The molecule has 98 valence electrons. The molecule has 0 atom stereocenters. The Morgan fingerprint density at radius 3 is 2.83 bits per heavy atom. The van der Waals surface area contributed by atoms with Crippen LogP contribution in [0.5, 0.6) is 5.75 Å². The molecular weight excluding hydrogens is 228 g/mol. The maximum absolute atomic E-state index is 7.55. The highest BCUT2D eigenvalue weighted by Gasteiger charge is 2.15. The van der Waals surface area contributed by atoms with Crippen LogP contribution in [0.1, 0.15) is 24.0 Å². The molecule has 0 saturated carbocycles. The van der Waals surface area contributed by atoms with Crippen LogP contribution in [0.25, 0.3) is 0 Å². The summed E-state index contributed by atoms with van der Waals surface area (Å²) >= 11 is 0. The van der Waals surface area contributed by atoms with E-state index >= 15 is 0 Å². The Balaban J connectivity index is 2.03. The van der Waals surface area contributed by atoms with Gasteiger partial charge in [-0.25, -0.2) is 0 Å². The van der Waals surface area contributed by atoms with Crippen LogP contribution < -0.4 is 10.5 Å². The highest BCUT2D eigenvalue weighted by Crippen LogP contribution is 2.22. The van der Waals surface area contributed by atoms with E-state index in [0.29, 0.717) is 23.8 Å². The number of aryl methyl sites for hydroxylation is 1. The zero-order valence-electron chi connectivity index (χ0n) is 10.7.